The van der Waals surface area contributed by atoms with Crippen molar-refractivity contribution in [3.05, 3.63) is 28.0 Å². The first kappa shape index (κ1) is 11.1. The van der Waals surface area contributed by atoms with Crippen LogP contribution in [0.4, 0.5) is 10.7 Å². The molecule has 2 N–H and O–H groups in total. The van der Waals surface area contributed by atoms with Gasteiger partial charge in [0.2, 0.25) is 0 Å². The minimum absolute atomic E-state index is 0.0189. The molecule has 96 valence electrons. The molecule has 0 radical (unpaired) electrons. The van der Waals surface area contributed by atoms with E-state index >= 15 is 0 Å². The zero-order valence-corrected chi connectivity index (χ0v) is 9.11. The largest absolute Gasteiger partial charge is 0.433 e. The second kappa shape index (κ2) is 3.73. The van der Waals surface area contributed by atoms with Crippen LogP contribution in [0.1, 0.15) is 5.76 Å². The lowest BCUT2D eigenvalue weighted by Gasteiger charge is -2.16. The summed E-state index contributed by atoms with van der Waals surface area (Å²) < 4.78 is 4.92. The summed E-state index contributed by atoms with van der Waals surface area (Å²) in [4.78, 5) is 40.2. The van der Waals surface area contributed by atoms with Gasteiger partial charge in [-0.3, -0.25) is 25.5 Å². The Kier molecular flexibility index (Phi) is 2.17. The van der Waals surface area contributed by atoms with Gasteiger partial charge in [0.25, 0.3) is 5.91 Å². The highest BCUT2D eigenvalue weighted by Crippen LogP contribution is 2.20. The van der Waals surface area contributed by atoms with Crippen LogP contribution >= 0.6 is 0 Å². The number of hydrogen-bond donors (Lipinski definition) is 2. The van der Waals surface area contributed by atoms with Crippen LogP contribution in [0.2, 0.25) is 0 Å². The van der Waals surface area contributed by atoms with Gasteiger partial charge in [-0.2, -0.15) is 0 Å². The van der Waals surface area contributed by atoms with Crippen LogP contribution in [0, 0.1) is 10.1 Å². The van der Waals surface area contributed by atoms with Gasteiger partial charge in [-0.1, -0.05) is 0 Å². The van der Waals surface area contributed by atoms with Gasteiger partial charge < -0.3 is 4.42 Å². The molecule has 10 heteroatoms. The molecule has 0 unspecified atom stereocenters. The lowest BCUT2D eigenvalue weighted by atomic mass is 10.2. The molecule has 0 saturated carbocycles. The molecule has 1 aromatic rings. The number of nitrogens with one attached hydrogen (secondary N) is 2. The Morgan fingerprint density at radius 3 is 2.79 bits per heavy atom. The molecule has 0 aromatic carbocycles. The molecule has 3 heterocycles. The number of urea groups is 1. The van der Waals surface area contributed by atoms with Gasteiger partial charge >= 0.3 is 11.9 Å². The Bertz CT molecular complexity index is 672. The molecular weight excluding hydrogens is 258 g/mol. The van der Waals surface area contributed by atoms with E-state index in [4.69, 9.17) is 4.42 Å². The fourth-order valence-corrected chi connectivity index (χ4v) is 1.66. The number of nitro groups is 1. The number of amidine groups is 2. The Morgan fingerprint density at radius 1 is 1.32 bits per heavy atom. The van der Waals surface area contributed by atoms with Gasteiger partial charge in [-0.05, 0) is 6.07 Å². The van der Waals surface area contributed by atoms with Gasteiger partial charge in [0.1, 0.15) is 10.8 Å². The van der Waals surface area contributed by atoms with Crippen molar-refractivity contribution in [1.29, 1.82) is 0 Å². The zero-order valence-electron chi connectivity index (χ0n) is 9.11. The molecule has 0 spiro atoms. The van der Waals surface area contributed by atoms with Crippen LogP contribution in [-0.2, 0) is 4.79 Å². The van der Waals surface area contributed by atoms with E-state index in [0.717, 1.165) is 6.07 Å². The number of amides is 3. The van der Waals surface area contributed by atoms with Gasteiger partial charge in [0, 0.05) is 0 Å². The monoisotopic (exact) mass is 263 g/mol. The minimum Gasteiger partial charge on any atom is -0.397 e. The molecule has 0 bridgehead atoms. The third-order valence-corrected chi connectivity index (χ3v) is 2.46. The molecule has 3 rings (SSSR count). The summed E-state index contributed by atoms with van der Waals surface area (Å²) in [6.45, 7) is 0. The Morgan fingerprint density at radius 2 is 2.11 bits per heavy atom. The normalized spacial score (nSPS) is 21.2. The number of rotatable bonds is 2. The van der Waals surface area contributed by atoms with Crippen molar-refractivity contribution in [2.75, 3.05) is 0 Å². The molecule has 2 aliphatic rings. The zero-order chi connectivity index (χ0) is 13.6. The molecule has 1 atom stereocenters. The number of nitrogens with zero attached hydrogens (tertiary/aromatic N) is 3. The summed E-state index contributed by atoms with van der Waals surface area (Å²) in [7, 11) is 0. The Balaban J connectivity index is 1.94. The molecule has 3 amide bonds. The molecular formula is C9H5N5O5. The fraction of sp³-hybridized carbons (Fsp3) is 0.111. The van der Waals surface area contributed by atoms with Crippen LogP contribution < -0.4 is 10.6 Å². The van der Waals surface area contributed by atoms with E-state index in [1.165, 1.54) is 6.07 Å². The summed E-state index contributed by atoms with van der Waals surface area (Å²) in [5.41, 5.74) is 0. The van der Waals surface area contributed by atoms with Crippen LogP contribution in [0.5, 0.6) is 0 Å². The molecule has 1 fully saturated rings. The average Bonchev–Trinajstić information content (AvgIpc) is 2.92. The third kappa shape index (κ3) is 1.74. The van der Waals surface area contributed by atoms with Crippen molar-refractivity contribution in [3.63, 3.8) is 0 Å². The number of imide groups is 1. The first-order valence-electron chi connectivity index (χ1n) is 5.07. The van der Waals surface area contributed by atoms with Crippen molar-refractivity contribution >= 4 is 29.5 Å². The lowest BCUT2D eigenvalue weighted by Crippen LogP contribution is -2.57. The molecule has 2 aliphatic heterocycles. The highest BCUT2D eigenvalue weighted by molar-refractivity contribution is 6.27. The maximum absolute atomic E-state index is 11.5. The number of carbonyl (C=O) groups excluding carboxylic acids is 2. The van der Waals surface area contributed by atoms with E-state index in [9.17, 15) is 19.7 Å². The summed E-state index contributed by atoms with van der Waals surface area (Å²) in [6, 6.07) is 0.815. The van der Waals surface area contributed by atoms with Crippen LogP contribution in [-0.4, -0.2) is 34.6 Å². The second-order valence-electron chi connectivity index (χ2n) is 3.69. The Hall–Kier alpha value is -3.04. The maximum atomic E-state index is 11.5. The highest BCUT2D eigenvalue weighted by atomic mass is 16.6. The number of aliphatic imine (C=N–C) groups is 2. The molecule has 0 aliphatic carbocycles. The van der Waals surface area contributed by atoms with E-state index in [2.05, 4.69) is 15.3 Å². The predicted molar refractivity (Wildman–Crippen MR) is 59.8 cm³/mol. The number of hydrogen-bond acceptors (Lipinski definition) is 7. The highest BCUT2D eigenvalue weighted by Gasteiger charge is 2.37. The summed E-state index contributed by atoms with van der Waals surface area (Å²) in [5, 5.41) is 14.8. The van der Waals surface area contributed by atoms with E-state index in [1.807, 2.05) is 5.32 Å². The van der Waals surface area contributed by atoms with Crippen molar-refractivity contribution < 1.29 is 18.9 Å². The van der Waals surface area contributed by atoms with Crippen molar-refractivity contribution in [1.82, 2.24) is 10.6 Å². The molecule has 1 saturated heterocycles. The van der Waals surface area contributed by atoms with Gasteiger partial charge in [-0.25, -0.2) is 14.8 Å². The van der Waals surface area contributed by atoms with Crippen molar-refractivity contribution in [3.8, 4) is 0 Å². The first-order chi connectivity index (χ1) is 9.04. The van der Waals surface area contributed by atoms with E-state index in [1.54, 1.807) is 0 Å². The molecule has 1 aromatic heterocycles. The summed E-state index contributed by atoms with van der Waals surface area (Å²) >= 11 is 0. The van der Waals surface area contributed by atoms with Gasteiger partial charge in [0.15, 0.2) is 17.6 Å². The Labute approximate surface area is 104 Å². The molecule has 10 nitrogen and oxygen atoms in total. The first-order valence-corrected chi connectivity index (χ1v) is 5.07. The number of carbonyl (C=O) groups is 2. The number of fused-ring (bicyclic) bond motifs is 1. The quantitative estimate of drug-likeness (QED) is 0.549. The van der Waals surface area contributed by atoms with Crippen molar-refractivity contribution in [2.24, 2.45) is 9.98 Å². The summed E-state index contributed by atoms with van der Waals surface area (Å²) in [6.07, 6.45) is 0. The average molecular weight is 263 g/mol. The topological polar surface area (TPSA) is 139 Å². The maximum Gasteiger partial charge on any atom is 0.433 e. The summed E-state index contributed by atoms with van der Waals surface area (Å²) in [5.74, 6) is -0.927. The predicted octanol–water partition coefficient (Wildman–Crippen LogP) is -0.446. The standard InChI is InChI=1S/C9H5N5O5/c15-8-5-7(12-9(16)13-8)11-6(10-5)3-1-2-4(19-3)14(17)18/h1-2,5H,(H2,10,11,12,13,15,16)/t5-/m0/s1. The van der Waals surface area contributed by atoms with Crippen molar-refractivity contribution in [2.45, 2.75) is 6.04 Å². The van der Waals surface area contributed by atoms with E-state index < -0.39 is 28.8 Å². The third-order valence-electron chi connectivity index (χ3n) is 2.46. The number of furan rings is 1. The van der Waals surface area contributed by atoms with E-state index in [-0.39, 0.29) is 17.4 Å². The minimum atomic E-state index is -0.961. The van der Waals surface area contributed by atoms with Gasteiger partial charge in [-0.15, -0.1) is 0 Å². The van der Waals surface area contributed by atoms with Crippen LogP contribution in [0.25, 0.3) is 0 Å². The van der Waals surface area contributed by atoms with Crippen LogP contribution in [0.3, 0.4) is 0 Å². The fourth-order valence-electron chi connectivity index (χ4n) is 1.66. The lowest BCUT2D eigenvalue weighted by molar-refractivity contribution is -0.402. The van der Waals surface area contributed by atoms with Crippen LogP contribution in [0.15, 0.2) is 26.5 Å². The second-order valence-corrected chi connectivity index (χ2v) is 3.69. The van der Waals surface area contributed by atoms with E-state index in [0.29, 0.717) is 0 Å². The smallest absolute Gasteiger partial charge is 0.397 e. The van der Waals surface area contributed by atoms with Gasteiger partial charge in [0.05, 0.1) is 6.07 Å². The molecule has 19 heavy (non-hydrogen) atoms. The SMILES string of the molecule is O=C1NC(=O)[C@H]2N=C(c3ccc([N+](=O)[O-])o3)N=C2N1.